The van der Waals surface area contributed by atoms with Crippen LogP contribution >= 0.6 is 22.9 Å². The number of thiazole rings is 1. The first-order valence-corrected chi connectivity index (χ1v) is 5.51. The normalized spacial score (nSPS) is 11.0. The van der Waals surface area contributed by atoms with Gasteiger partial charge in [0.25, 0.3) is 0 Å². The van der Waals surface area contributed by atoms with Crippen molar-refractivity contribution in [2.45, 2.75) is 0 Å². The fraction of sp³-hybridized carbons (Fsp3) is 0. The van der Waals surface area contributed by atoms with Crippen molar-refractivity contribution in [2.24, 2.45) is 0 Å². The van der Waals surface area contributed by atoms with E-state index in [1.165, 1.54) is 11.3 Å². The quantitative estimate of drug-likeness (QED) is 0.652. The molecule has 0 saturated heterocycles. The van der Waals surface area contributed by atoms with E-state index >= 15 is 0 Å². The monoisotopic (exact) mass is 236 g/mol. The molecule has 15 heavy (non-hydrogen) atoms. The zero-order valence-corrected chi connectivity index (χ0v) is 9.03. The molecule has 3 heterocycles. The molecule has 74 valence electrons. The molecule has 3 aromatic heterocycles. The summed E-state index contributed by atoms with van der Waals surface area (Å²) in [6, 6.07) is 3.65. The number of hydrogen-bond donors (Lipinski definition) is 0. The van der Waals surface area contributed by atoms with Crippen LogP contribution in [-0.4, -0.2) is 19.6 Å². The van der Waals surface area contributed by atoms with Gasteiger partial charge in [-0.1, -0.05) is 11.6 Å². The first-order chi connectivity index (χ1) is 7.36. The van der Waals surface area contributed by atoms with Gasteiger partial charge >= 0.3 is 0 Å². The third-order valence-corrected chi connectivity index (χ3v) is 3.07. The number of hydrogen-bond acceptors (Lipinski definition) is 4. The molecule has 6 heteroatoms. The molecular formula is C9H5ClN4S. The smallest absolute Gasteiger partial charge is 0.197 e. The highest BCUT2D eigenvalue weighted by Gasteiger charge is 2.11. The lowest BCUT2D eigenvalue weighted by molar-refractivity contribution is 1.10. The van der Waals surface area contributed by atoms with Gasteiger partial charge in [0.2, 0.25) is 0 Å². The van der Waals surface area contributed by atoms with Crippen LogP contribution in [0.4, 0.5) is 0 Å². The van der Waals surface area contributed by atoms with Crippen LogP contribution in [0.25, 0.3) is 16.5 Å². The summed E-state index contributed by atoms with van der Waals surface area (Å²) in [5.41, 5.74) is 0.657. The maximum absolute atomic E-state index is 5.99. The summed E-state index contributed by atoms with van der Waals surface area (Å²) in [5.74, 6) is 0.725. The zero-order chi connectivity index (χ0) is 10.3. The molecule has 0 aromatic carbocycles. The van der Waals surface area contributed by atoms with E-state index in [1.54, 1.807) is 12.3 Å². The Kier molecular flexibility index (Phi) is 1.93. The number of pyridine rings is 1. The average Bonchev–Trinajstić information content (AvgIpc) is 2.85. The lowest BCUT2D eigenvalue weighted by Crippen LogP contribution is -1.88. The molecule has 0 atom stereocenters. The van der Waals surface area contributed by atoms with Crippen molar-refractivity contribution in [3.8, 4) is 10.8 Å². The van der Waals surface area contributed by atoms with Gasteiger partial charge in [-0.3, -0.25) is 4.40 Å². The van der Waals surface area contributed by atoms with Crippen LogP contribution in [0.5, 0.6) is 0 Å². The second-order valence-electron chi connectivity index (χ2n) is 2.91. The molecule has 0 bridgehead atoms. The van der Waals surface area contributed by atoms with Gasteiger partial charge in [0.05, 0.1) is 5.02 Å². The maximum atomic E-state index is 5.99. The van der Waals surface area contributed by atoms with Gasteiger partial charge in [-0.15, -0.1) is 21.5 Å². The number of nitrogens with zero attached hydrogens (tertiary/aromatic N) is 4. The molecule has 0 N–H and O–H groups in total. The third kappa shape index (κ3) is 1.32. The molecule has 0 unspecified atom stereocenters. The van der Waals surface area contributed by atoms with Crippen LogP contribution in [0, 0.1) is 0 Å². The summed E-state index contributed by atoms with van der Waals surface area (Å²) in [6.45, 7) is 0. The summed E-state index contributed by atoms with van der Waals surface area (Å²) >= 11 is 7.52. The van der Waals surface area contributed by atoms with E-state index in [9.17, 15) is 0 Å². The highest BCUT2D eigenvalue weighted by Crippen LogP contribution is 2.23. The predicted octanol–water partition coefficient (Wildman–Crippen LogP) is 2.51. The fourth-order valence-electron chi connectivity index (χ4n) is 1.36. The van der Waals surface area contributed by atoms with E-state index in [2.05, 4.69) is 15.2 Å². The van der Waals surface area contributed by atoms with Crippen molar-refractivity contribution in [1.29, 1.82) is 0 Å². The minimum Gasteiger partial charge on any atom is -0.279 e. The van der Waals surface area contributed by atoms with Crippen molar-refractivity contribution in [1.82, 2.24) is 19.6 Å². The Bertz CT molecular complexity index is 602. The van der Waals surface area contributed by atoms with E-state index in [4.69, 9.17) is 11.6 Å². The Morgan fingerprint density at radius 3 is 3.07 bits per heavy atom. The summed E-state index contributed by atoms with van der Waals surface area (Å²) in [7, 11) is 0. The SMILES string of the molecule is Clc1cccn2c(-c3nccs3)nnc12. The van der Waals surface area contributed by atoms with E-state index in [-0.39, 0.29) is 0 Å². The fourth-order valence-corrected chi connectivity index (χ4v) is 2.18. The Hall–Kier alpha value is -1.46. The minimum absolute atomic E-state index is 0.591. The Labute approximate surface area is 94.2 Å². The molecular weight excluding hydrogens is 232 g/mol. The van der Waals surface area contributed by atoms with E-state index in [0.717, 1.165) is 10.8 Å². The number of aromatic nitrogens is 4. The van der Waals surface area contributed by atoms with Crippen molar-refractivity contribution in [2.75, 3.05) is 0 Å². The van der Waals surface area contributed by atoms with Crippen LogP contribution in [0.15, 0.2) is 29.9 Å². The molecule has 0 spiro atoms. The maximum Gasteiger partial charge on any atom is 0.197 e. The number of fused-ring (bicyclic) bond motifs is 1. The van der Waals surface area contributed by atoms with Crippen molar-refractivity contribution in [3.05, 3.63) is 34.9 Å². The van der Waals surface area contributed by atoms with Gasteiger partial charge in [0, 0.05) is 17.8 Å². The van der Waals surface area contributed by atoms with Crippen molar-refractivity contribution in [3.63, 3.8) is 0 Å². The molecule has 4 nitrogen and oxygen atoms in total. The van der Waals surface area contributed by atoms with E-state index in [1.807, 2.05) is 22.0 Å². The molecule has 0 aliphatic carbocycles. The summed E-state index contributed by atoms with van der Waals surface area (Å²) < 4.78 is 1.83. The summed E-state index contributed by atoms with van der Waals surface area (Å²) in [4.78, 5) is 4.19. The Morgan fingerprint density at radius 2 is 2.27 bits per heavy atom. The van der Waals surface area contributed by atoms with E-state index < -0.39 is 0 Å². The third-order valence-electron chi connectivity index (χ3n) is 2.01. The van der Waals surface area contributed by atoms with Gasteiger partial charge < -0.3 is 0 Å². The average molecular weight is 237 g/mol. The van der Waals surface area contributed by atoms with Gasteiger partial charge in [-0.05, 0) is 12.1 Å². The van der Waals surface area contributed by atoms with Gasteiger partial charge in [-0.25, -0.2) is 4.98 Å². The molecule has 0 fully saturated rings. The first-order valence-electron chi connectivity index (χ1n) is 4.25. The highest BCUT2D eigenvalue weighted by molar-refractivity contribution is 7.13. The van der Waals surface area contributed by atoms with Crippen LogP contribution in [0.1, 0.15) is 0 Å². The van der Waals surface area contributed by atoms with Crippen LogP contribution in [0.3, 0.4) is 0 Å². The summed E-state index contributed by atoms with van der Waals surface area (Å²) in [5, 5.41) is 11.4. The van der Waals surface area contributed by atoms with Crippen LogP contribution in [0.2, 0.25) is 5.02 Å². The van der Waals surface area contributed by atoms with Crippen LogP contribution in [-0.2, 0) is 0 Å². The first kappa shape index (κ1) is 8.82. The van der Waals surface area contributed by atoms with Gasteiger partial charge in [-0.2, -0.15) is 0 Å². The topological polar surface area (TPSA) is 43.1 Å². The highest BCUT2D eigenvalue weighted by atomic mass is 35.5. The lowest BCUT2D eigenvalue weighted by atomic mass is 10.4. The molecule has 0 aliphatic heterocycles. The lowest BCUT2D eigenvalue weighted by Gasteiger charge is -1.96. The molecule has 0 radical (unpaired) electrons. The van der Waals surface area contributed by atoms with Gasteiger partial charge in [0.1, 0.15) is 0 Å². The van der Waals surface area contributed by atoms with Crippen molar-refractivity contribution < 1.29 is 0 Å². The standard InChI is InChI=1S/C9H5ClN4S/c10-6-2-1-4-14-7(6)12-13-8(14)9-11-3-5-15-9/h1-5H. The zero-order valence-electron chi connectivity index (χ0n) is 7.46. The summed E-state index contributed by atoms with van der Waals surface area (Å²) in [6.07, 6.45) is 3.61. The van der Waals surface area contributed by atoms with Gasteiger partial charge in [0.15, 0.2) is 16.5 Å². The van der Waals surface area contributed by atoms with E-state index in [0.29, 0.717) is 10.7 Å². The Morgan fingerprint density at radius 1 is 1.33 bits per heavy atom. The predicted molar refractivity (Wildman–Crippen MR) is 59.1 cm³/mol. The molecule has 0 aliphatic rings. The minimum atomic E-state index is 0.591. The molecule has 0 saturated carbocycles. The second kappa shape index (κ2) is 3.29. The Balaban J connectivity index is 2.34. The number of rotatable bonds is 1. The second-order valence-corrected chi connectivity index (χ2v) is 4.21. The van der Waals surface area contributed by atoms with Crippen molar-refractivity contribution >= 4 is 28.6 Å². The molecule has 3 rings (SSSR count). The van der Waals surface area contributed by atoms with Crippen LogP contribution < -0.4 is 0 Å². The molecule has 0 amide bonds. The number of halogens is 1. The largest absolute Gasteiger partial charge is 0.279 e. The molecule has 3 aromatic rings.